The number of aromatic nitrogens is 2. The lowest BCUT2D eigenvalue weighted by Gasteiger charge is -2.36. The second-order valence-corrected chi connectivity index (χ2v) is 7.73. The van der Waals surface area contributed by atoms with Crippen LogP contribution >= 0.6 is 0 Å². The minimum atomic E-state index is -0.281. The number of hydrogen-bond acceptors (Lipinski definition) is 5. The molecule has 6 heteroatoms. The molecule has 29 heavy (non-hydrogen) atoms. The molecule has 1 unspecified atom stereocenters. The van der Waals surface area contributed by atoms with Crippen molar-refractivity contribution in [3.8, 4) is 11.1 Å². The summed E-state index contributed by atoms with van der Waals surface area (Å²) in [6.45, 7) is 3.77. The number of nitrogens with two attached hydrogens (primary N) is 2. The van der Waals surface area contributed by atoms with Crippen molar-refractivity contribution in [2.24, 2.45) is 11.7 Å². The van der Waals surface area contributed by atoms with E-state index in [-0.39, 0.29) is 11.9 Å². The van der Waals surface area contributed by atoms with Crippen LogP contribution in [-0.4, -0.2) is 23.1 Å². The van der Waals surface area contributed by atoms with E-state index in [9.17, 15) is 4.39 Å². The van der Waals surface area contributed by atoms with Crippen LogP contribution in [0.1, 0.15) is 30.0 Å². The van der Waals surface area contributed by atoms with Gasteiger partial charge in [-0.2, -0.15) is 0 Å². The fraction of sp³-hybridized carbons (Fsp3) is 0.304. The fourth-order valence-corrected chi connectivity index (χ4v) is 4.05. The number of halogens is 1. The monoisotopic (exact) mass is 391 g/mol. The van der Waals surface area contributed by atoms with Gasteiger partial charge in [0.1, 0.15) is 23.8 Å². The second-order valence-electron chi connectivity index (χ2n) is 7.73. The van der Waals surface area contributed by atoms with Crippen molar-refractivity contribution in [1.29, 1.82) is 0 Å². The maximum absolute atomic E-state index is 13.4. The molecule has 1 fully saturated rings. The predicted molar refractivity (Wildman–Crippen MR) is 115 cm³/mol. The van der Waals surface area contributed by atoms with Gasteiger partial charge in [0.2, 0.25) is 0 Å². The Morgan fingerprint density at radius 2 is 1.66 bits per heavy atom. The van der Waals surface area contributed by atoms with Crippen molar-refractivity contribution in [2.45, 2.75) is 25.8 Å². The number of nitrogens with zero attached hydrogens (tertiary/aromatic N) is 3. The van der Waals surface area contributed by atoms with E-state index in [0.717, 1.165) is 42.9 Å². The second kappa shape index (κ2) is 8.17. The van der Waals surface area contributed by atoms with Crippen LogP contribution in [0, 0.1) is 18.7 Å². The highest BCUT2D eigenvalue weighted by atomic mass is 19.1. The van der Waals surface area contributed by atoms with Crippen LogP contribution in [0.5, 0.6) is 0 Å². The van der Waals surface area contributed by atoms with E-state index < -0.39 is 0 Å². The van der Waals surface area contributed by atoms with E-state index in [1.807, 2.05) is 0 Å². The van der Waals surface area contributed by atoms with E-state index in [0.29, 0.717) is 11.7 Å². The summed E-state index contributed by atoms with van der Waals surface area (Å²) in [5, 5.41) is 0. The van der Waals surface area contributed by atoms with E-state index in [4.69, 9.17) is 11.5 Å². The average Bonchev–Trinajstić information content (AvgIpc) is 2.75. The third-order valence-electron chi connectivity index (χ3n) is 5.80. The number of aryl methyl sites for hydroxylation is 1. The largest absolute Gasteiger partial charge is 0.383 e. The van der Waals surface area contributed by atoms with Gasteiger partial charge in [0.05, 0.1) is 5.56 Å². The van der Waals surface area contributed by atoms with Crippen LogP contribution in [0.3, 0.4) is 0 Å². The first-order valence-corrected chi connectivity index (χ1v) is 9.96. The van der Waals surface area contributed by atoms with Crippen LogP contribution < -0.4 is 16.4 Å². The van der Waals surface area contributed by atoms with Crippen molar-refractivity contribution < 1.29 is 4.39 Å². The lowest BCUT2D eigenvalue weighted by molar-refractivity contribution is 0.344. The fourth-order valence-electron chi connectivity index (χ4n) is 4.05. The third-order valence-corrected chi connectivity index (χ3v) is 5.80. The molecule has 5 nitrogen and oxygen atoms in total. The molecule has 1 aromatic heterocycles. The van der Waals surface area contributed by atoms with Crippen LogP contribution in [-0.2, 0) is 0 Å². The number of piperidine rings is 1. The number of benzene rings is 2. The Balaban J connectivity index is 1.52. The van der Waals surface area contributed by atoms with Gasteiger partial charge in [-0.25, -0.2) is 14.4 Å². The van der Waals surface area contributed by atoms with Gasteiger partial charge in [-0.15, -0.1) is 0 Å². The molecule has 0 radical (unpaired) electrons. The van der Waals surface area contributed by atoms with Gasteiger partial charge in [-0.3, -0.25) is 0 Å². The van der Waals surface area contributed by atoms with Crippen molar-refractivity contribution >= 4 is 11.6 Å². The Kier molecular flexibility index (Phi) is 5.45. The summed E-state index contributed by atoms with van der Waals surface area (Å²) in [5.74, 6) is 1.34. The molecule has 0 saturated carbocycles. The smallest absolute Gasteiger partial charge is 0.142 e. The number of rotatable bonds is 4. The molecule has 1 saturated heterocycles. The van der Waals surface area contributed by atoms with E-state index >= 15 is 0 Å². The molecule has 0 amide bonds. The van der Waals surface area contributed by atoms with Gasteiger partial charge in [0, 0.05) is 19.1 Å². The quantitative estimate of drug-likeness (QED) is 0.700. The molecule has 4 rings (SSSR count). The van der Waals surface area contributed by atoms with Gasteiger partial charge >= 0.3 is 0 Å². The SMILES string of the molecule is Cc1ccc(C(N)C2CCN(c3ncnc(N)c3-c3ccc(F)cc3)CC2)cc1. The van der Waals surface area contributed by atoms with E-state index in [1.165, 1.54) is 29.6 Å². The number of nitrogen functional groups attached to an aromatic ring is 1. The standard InChI is InChI=1S/C23H26FN5/c1-15-2-4-17(5-3-15)21(25)18-10-12-29(13-11-18)23-20(22(26)27-14-28-23)16-6-8-19(24)9-7-16/h2-9,14,18,21H,10-13,25H2,1H3,(H2,26,27,28). The Hall–Kier alpha value is -2.99. The Bertz CT molecular complexity index is 964. The molecule has 3 aromatic rings. The summed E-state index contributed by atoms with van der Waals surface area (Å²) in [7, 11) is 0. The van der Waals surface area contributed by atoms with Crippen molar-refractivity contribution in [3.63, 3.8) is 0 Å². The molecule has 0 bridgehead atoms. The van der Waals surface area contributed by atoms with Crippen LogP contribution in [0.2, 0.25) is 0 Å². The first kappa shape index (κ1) is 19.3. The van der Waals surface area contributed by atoms with Gasteiger partial charge in [-0.05, 0) is 48.9 Å². The maximum atomic E-state index is 13.4. The summed E-state index contributed by atoms with van der Waals surface area (Å²) < 4.78 is 13.4. The zero-order chi connectivity index (χ0) is 20.4. The van der Waals surface area contributed by atoms with Gasteiger partial charge in [-0.1, -0.05) is 42.0 Å². The molecular weight excluding hydrogens is 365 g/mol. The molecule has 0 aliphatic carbocycles. The molecule has 150 valence electrons. The highest BCUT2D eigenvalue weighted by Crippen LogP contribution is 2.36. The lowest BCUT2D eigenvalue weighted by Crippen LogP contribution is -2.38. The molecule has 2 heterocycles. The average molecular weight is 391 g/mol. The predicted octanol–water partition coefficient (Wildman–Crippen LogP) is 4.09. The highest BCUT2D eigenvalue weighted by Gasteiger charge is 2.27. The summed E-state index contributed by atoms with van der Waals surface area (Å²) in [5.41, 5.74) is 16.7. The van der Waals surface area contributed by atoms with Gasteiger partial charge < -0.3 is 16.4 Å². The van der Waals surface area contributed by atoms with Crippen LogP contribution in [0.25, 0.3) is 11.1 Å². The van der Waals surface area contributed by atoms with Crippen molar-refractivity contribution in [1.82, 2.24) is 9.97 Å². The zero-order valence-electron chi connectivity index (χ0n) is 16.6. The summed E-state index contributed by atoms with van der Waals surface area (Å²) in [4.78, 5) is 10.9. The topological polar surface area (TPSA) is 81.1 Å². The first-order valence-electron chi connectivity index (χ1n) is 9.96. The number of hydrogen-bond donors (Lipinski definition) is 2. The summed E-state index contributed by atoms with van der Waals surface area (Å²) >= 11 is 0. The van der Waals surface area contributed by atoms with Crippen molar-refractivity contribution in [3.05, 3.63) is 71.8 Å². The molecule has 4 N–H and O–H groups in total. The third kappa shape index (κ3) is 4.07. The molecule has 0 spiro atoms. The zero-order valence-corrected chi connectivity index (χ0v) is 16.6. The Morgan fingerprint density at radius 3 is 2.31 bits per heavy atom. The van der Waals surface area contributed by atoms with Gasteiger partial charge in [0.25, 0.3) is 0 Å². The minimum absolute atomic E-state index is 0.0322. The first-order chi connectivity index (χ1) is 14.0. The van der Waals surface area contributed by atoms with Crippen molar-refractivity contribution in [2.75, 3.05) is 23.7 Å². The highest BCUT2D eigenvalue weighted by molar-refractivity contribution is 5.84. The molecule has 2 aromatic carbocycles. The Morgan fingerprint density at radius 1 is 1.00 bits per heavy atom. The van der Waals surface area contributed by atoms with E-state index in [2.05, 4.69) is 46.1 Å². The molecule has 1 aliphatic heterocycles. The van der Waals surface area contributed by atoms with Crippen LogP contribution in [0.15, 0.2) is 54.9 Å². The minimum Gasteiger partial charge on any atom is -0.383 e. The summed E-state index contributed by atoms with van der Waals surface area (Å²) in [6.07, 6.45) is 3.44. The molecule has 1 aliphatic rings. The summed E-state index contributed by atoms with van der Waals surface area (Å²) in [6, 6.07) is 14.8. The maximum Gasteiger partial charge on any atom is 0.142 e. The van der Waals surface area contributed by atoms with Crippen LogP contribution in [0.4, 0.5) is 16.0 Å². The van der Waals surface area contributed by atoms with Gasteiger partial charge in [0.15, 0.2) is 0 Å². The number of anilines is 2. The lowest BCUT2D eigenvalue weighted by atomic mass is 9.85. The normalized spacial score (nSPS) is 16.0. The van der Waals surface area contributed by atoms with E-state index in [1.54, 1.807) is 12.1 Å². The Labute approximate surface area is 170 Å². The molecular formula is C23H26FN5. The molecule has 1 atom stereocenters.